The molecule has 0 amide bonds. The van der Waals surface area contributed by atoms with Gasteiger partial charge in [-0.25, -0.2) is 8.78 Å². The maximum absolute atomic E-state index is 13.3. The minimum absolute atomic E-state index is 0.0486. The van der Waals surface area contributed by atoms with Crippen LogP contribution in [0.3, 0.4) is 0 Å². The van der Waals surface area contributed by atoms with Gasteiger partial charge in [0.25, 0.3) is 5.92 Å². The summed E-state index contributed by atoms with van der Waals surface area (Å²) in [7, 11) is 1.71. The average molecular weight is 275 g/mol. The summed E-state index contributed by atoms with van der Waals surface area (Å²) in [6.07, 6.45) is 1.72. The van der Waals surface area contributed by atoms with Crippen LogP contribution in [0.4, 0.5) is 8.78 Å². The lowest BCUT2D eigenvalue weighted by molar-refractivity contribution is 0.0188. The second-order valence-corrected chi connectivity index (χ2v) is 4.50. The Morgan fingerprint density at radius 3 is 2.67 bits per heavy atom. The highest BCUT2D eigenvalue weighted by molar-refractivity contribution is 9.10. The molecule has 0 atom stereocenters. The molecule has 0 unspecified atom stereocenters. The summed E-state index contributed by atoms with van der Waals surface area (Å²) < 4.78 is 28.8. The molecule has 1 heterocycles. The van der Waals surface area contributed by atoms with E-state index in [0.717, 1.165) is 6.92 Å². The van der Waals surface area contributed by atoms with Crippen molar-refractivity contribution in [3.8, 4) is 0 Å². The molecule has 0 aliphatic carbocycles. The highest BCUT2D eigenvalue weighted by atomic mass is 79.9. The van der Waals surface area contributed by atoms with E-state index in [0.29, 0.717) is 15.4 Å². The number of hydrogen-bond acceptors (Lipinski definition) is 1. The van der Waals surface area contributed by atoms with Crippen molar-refractivity contribution >= 4 is 26.8 Å². The number of hydrogen-bond donors (Lipinski definition) is 0. The molecule has 0 radical (unpaired) electrons. The first-order valence-corrected chi connectivity index (χ1v) is 5.18. The van der Waals surface area contributed by atoms with Gasteiger partial charge >= 0.3 is 0 Å². The summed E-state index contributed by atoms with van der Waals surface area (Å²) in [5, 5.41) is 4.75. The van der Waals surface area contributed by atoms with E-state index in [-0.39, 0.29) is 5.56 Å². The van der Waals surface area contributed by atoms with Crippen molar-refractivity contribution in [3.63, 3.8) is 0 Å². The summed E-state index contributed by atoms with van der Waals surface area (Å²) >= 11 is 3.21. The van der Waals surface area contributed by atoms with Crippen molar-refractivity contribution in [3.05, 3.63) is 28.4 Å². The van der Waals surface area contributed by atoms with Gasteiger partial charge in [0.1, 0.15) is 5.52 Å². The third-order valence-electron chi connectivity index (χ3n) is 2.16. The van der Waals surface area contributed by atoms with Crippen molar-refractivity contribution in [2.75, 3.05) is 0 Å². The van der Waals surface area contributed by atoms with Gasteiger partial charge in [0, 0.05) is 35.6 Å². The molecule has 80 valence electrons. The molecule has 0 fully saturated rings. The van der Waals surface area contributed by atoms with Gasteiger partial charge in [-0.2, -0.15) is 5.10 Å². The van der Waals surface area contributed by atoms with E-state index in [1.807, 2.05) is 0 Å². The summed E-state index contributed by atoms with van der Waals surface area (Å²) in [6.45, 7) is 0.878. The Labute approximate surface area is 94.0 Å². The molecule has 0 saturated heterocycles. The van der Waals surface area contributed by atoms with Gasteiger partial charge in [-0.15, -0.1) is 0 Å². The second kappa shape index (κ2) is 3.27. The maximum atomic E-state index is 13.3. The largest absolute Gasteiger partial charge is 0.275 e. The standard InChI is InChI=1S/C10H9BrF2N2/c1-10(12,13)8-4-7(11)3-6-5-15(2)14-9(6)8/h3-5H,1-2H3. The van der Waals surface area contributed by atoms with Crippen LogP contribution in [-0.4, -0.2) is 9.78 Å². The lowest BCUT2D eigenvalue weighted by atomic mass is 10.1. The molecule has 0 aliphatic rings. The molecule has 2 aromatic rings. The number of rotatable bonds is 1. The first-order valence-electron chi connectivity index (χ1n) is 4.39. The number of benzene rings is 1. The molecule has 1 aromatic heterocycles. The van der Waals surface area contributed by atoms with E-state index in [4.69, 9.17) is 0 Å². The van der Waals surface area contributed by atoms with Crippen LogP contribution in [0.2, 0.25) is 0 Å². The number of fused-ring (bicyclic) bond motifs is 1. The first-order chi connectivity index (χ1) is 6.88. The van der Waals surface area contributed by atoms with Crippen molar-refractivity contribution in [2.45, 2.75) is 12.8 Å². The highest BCUT2D eigenvalue weighted by Crippen LogP contribution is 2.34. The van der Waals surface area contributed by atoms with Crippen molar-refractivity contribution < 1.29 is 8.78 Å². The monoisotopic (exact) mass is 274 g/mol. The molecule has 0 N–H and O–H groups in total. The van der Waals surface area contributed by atoms with Crippen molar-refractivity contribution in [1.82, 2.24) is 9.78 Å². The fraction of sp³-hybridized carbons (Fsp3) is 0.300. The van der Waals surface area contributed by atoms with Crippen LogP contribution in [0.1, 0.15) is 12.5 Å². The van der Waals surface area contributed by atoms with Gasteiger partial charge in [0.2, 0.25) is 0 Å². The average Bonchev–Trinajstić information content (AvgIpc) is 2.41. The number of aryl methyl sites for hydroxylation is 1. The molecule has 0 bridgehead atoms. The van der Waals surface area contributed by atoms with Gasteiger partial charge in [0.15, 0.2) is 0 Å². The minimum atomic E-state index is -2.88. The van der Waals surface area contributed by atoms with E-state index >= 15 is 0 Å². The van der Waals surface area contributed by atoms with Crippen LogP contribution in [0.25, 0.3) is 10.9 Å². The van der Waals surface area contributed by atoms with Crippen LogP contribution in [0.15, 0.2) is 22.8 Å². The van der Waals surface area contributed by atoms with Gasteiger partial charge in [-0.05, 0) is 12.1 Å². The third-order valence-corrected chi connectivity index (χ3v) is 2.62. The Balaban J connectivity index is 2.82. The topological polar surface area (TPSA) is 17.8 Å². The Kier molecular flexibility index (Phi) is 2.30. The van der Waals surface area contributed by atoms with Crippen LogP contribution >= 0.6 is 15.9 Å². The lowest BCUT2D eigenvalue weighted by Gasteiger charge is -2.11. The Morgan fingerprint density at radius 1 is 1.40 bits per heavy atom. The van der Waals surface area contributed by atoms with Crippen LogP contribution in [0.5, 0.6) is 0 Å². The number of nitrogens with zero attached hydrogens (tertiary/aromatic N) is 2. The molecular weight excluding hydrogens is 266 g/mol. The van der Waals surface area contributed by atoms with E-state index in [1.54, 1.807) is 19.3 Å². The smallest absolute Gasteiger partial charge is 0.272 e. The van der Waals surface area contributed by atoms with Crippen molar-refractivity contribution in [2.24, 2.45) is 7.05 Å². The molecule has 1 aromatic carbocycles. The van der Waals surface area contributed by atoms with E-state index in [2.05, 4.69) is 21.0 Å². The summed E-state index contributed by atoms with van der Waals surface area (Å²) in [4.78, 5) is 0. The Morgan fingerprint density at radius 2 is 2.07 bits per heavy atom. The van der Waals surface area contributed by atoms with Crippen LogP contribution in [0, 0.1) is 0 Å². The normalized spacial score (nSPS) is 12.3. The zero-order valence-corrected chi connectivity index (χ0v) is 9.85. The predicted molar refractivity (Wildman–Crippen MR) is 58.0 cm³/mol. The number of halogens is 3. The zero-order valence-electron chi connectivity index (χ0n) is 8.26. The van der Waals surface area contributed by atoms with Crippen LogP contribution in [-0.2, 0) is 13.0 Å². The number of alkyl halides is 2. The SMILES string of the molecule is Cn1cc2cc(Br)cc(C(C)(F)F)c2n1. The van der Waals surface area contributed by atoms with Gasteiger partial charge in [-0.3, -0.25) is 4.68 Å². The third kappa shape index (κ3) is 1.88. The predicted octanol–water partition coefficient (Wildman–Crippen LogP) is 3.45. The fourth-order valence-corrected chi connectivity index (χ4v) is 2.03. The molecule has 0 saturated carbocycles. The molecule has 5 heteroatoms. The van der Waals surface area contributed by atoms with Gasteiger partial charge in [0.05, 0.1) is 0 Å². The highest BCUT2D eigenvalue weighted by Gasteiger charge is 2.28. The summed E-state index contributed by atoms with van der Waals surface area (Å²) in [6, 6.07) is 3.19. The maximum Gasteiger partial charge on any atom is 0.272 e. The summed E-state index contributed by atoms with van der Waals surface area (Å²) in [5.74, 6) is -2.88. The molecule has 15 heavy (non-hydrogen) atoms. The second-order valence-electron chi connectivity index (χ2n) is 3.58. The molecular formula is C10H9BrF2N2. The lowest BCUT2D eigenvalue weighted by Crippen LogP contribution is -2.08. The molecule has 2 nitrogen and oxygen atoms in total. The van der Waals surface area contributed by atoms with Gasteiger partial charge < -0.3 is 0 Å². The van der Waals surface area contributed by atoms with E-state index < -0.39 is 5.92 Å². The first kappa shape index (κ1) is 10.5. The molecule has 0 aliphatic heterocycles. The Hall–Kier alpha value is -0.970. The van der Waals surface area contributed by atoms with Crippen LogP contribution < -0.4 is 0 Å². The number of aromatic nitrogens is 2. The molecule has 2 rings (SSSR count). The van der Waals surface area contributed by atoms with Crippen molar-refractivity contribution in [1.29, 1.82) is 0 Å². The summed E-state index contributed by atoms with van der Waals surface area (Å²) in [5.41, 5.74) is 0.306. The zero-order chi connectivity index (χ0) is 11.2. The van der Waals surface area contributed by atoms with E-state index in [9.17, 15) is 8.78 Å². The minimum Gasteiger partial charge on any atom is -0.275 e. The fourth-order valence-electron chi connectivity index (χ4n) is 1.55. The Bertz CT molecular complexity index is 514. The van der Waals surface area contributed by atoms with E-state index in [1.165, 1.54) is 10.7 Å². The molecule has 0 spiro atoms. The quantitative estimate of drug-likeness (QED) is 0.779. The van der Waals surface area contributed by atoms with Gasteiger partial charge in [-0.1, -0.05) is 15.9 Å².